The van der Waals surface area contributed by atoms with E-state index in [1.165, 1.54) is 0 Å². The summed E-state index contributed by atoms with van der Waals surface area (Å²) in [4.78, 5) is 30.4. The molecule has 0 aliphatic rings. The van der Waals surface area contributed by atoms with E-state index in [4.69, 9.17) is 9.47 Å². The van der Waals surface area contributed by atoms with Crippen LogP contribution >= 0.6 is 0 Å². The van der Waals surface area contributed by atoms with Gasteiger partial charge in [-0.05, 0) is 52.7 Å². The minimum Gasteiger partial charge on any atom is -0.461 e. The van der Waals surface area contributed by atoms with Gasteiger partial charge in [-0.25, -0.2) is 9.59 Å². The molecule has 0 unspecified atom stereocenters. The van der Waals surface area contributed by atoms with Gasteiger partial charge in [-0.3, -0.25) is 0 Å². The molecule has 2 atom stereocenters. The average molecular weight is 406 g/mol. The zero-order valence-electron chi connectivity index (χ0n) is 17.8. The molecule has 2 rings (SSSR count). The van der Waals surface area contributed by atoms with E-state index in [-0.39, 0.29) is 13.2 Å². The van der Waals surface area contributed by atoms with Crippen LogP contribution in [0.2, 0.25) is 0 Å². The van der Waals surface area contributed by atoms with Gasteiger partial charge in [0.2, 0.25) is 0 Å². The molecule has 0 saturated heterocycles. The molecule has 0 amide bonds. The zero-order chi connectivity index (χ0) is 21.9. The minimum atomic E-state index is -0.679. The highest BCUT2D eigenvalue weighted by Crippen LogP contribution is 2.26. The van der Waals surface area contributed by atoms with Crippen molar-refractivity contribution in [2.45, 2.75) is 60.2 Å². The van der Waals surface area contributed by atoms with Crippen LogP contribution in [-0.4, -0.2) is 45.3 Å². The van der Waals surface area contributed by atoms with Crippen molar-refractivity contribution in [1.29, 1.82) is 0 Å². The molecule has 0 aromatic carbocycles. The number of rotatable bonds is 8. The van der Waals surface area contributed by atoms with E-state index in [9.17, 15) is 19.8 Å². The molecule has 29 heavy (non-hydrogen) atoms. The highest BCUT2D eigenvalue weighted by molar-refractivity contribution is 5.90. The predicted octanol–water partition coefficient (Wildman–Crippen LogP) is 3.09. The number of aliphatic hydroxyl groups excluding tert-OH is 2. The molecule has 0 radical (unpaired) electrons. The summed E-state index contributed by atoms with van der Waals surface area (Å²) in [5, 5.41) is 19.6. The van der Waals surface area contributed by atoms with E-state index in [0.717, 1.165) is 11.4 Å². The van der Waals surface area contributed by atoms with Crippen LogP contribution in [0.5, 0.6) is 0 Å². The summed E-state index contributed by atoms with van der Waals surface area (Å²) in [7, 11) is 0. The second-order valence-electron chi connectivity index (χ2n) is 7.30. The molecule has 0 fully saturated rings. The van der Waals surface area contributed by atoms with Crippen molar-refractivity contribution < 1.29 is 29.3 Å². The summed E-state index contributed by atoms with van der Waals surface area (Å²) in [6.45, 7) is 10.6. The fraction of sp³-hybridized carbons (Fsp3) is 0.524. The van der Waals surface area contributed by atoms with E-state index in [1.807, 2.05) is 0 Å². The monoisotopic (exact) mass is 406 g/mol. The second kappa shape index (κ2) is 9.28. The largest absolute Gasteiger partial charge is 0.461 e. The molecule has 2 aromatic rings. The molecule has 160 valence electrons. The first-order valence-corrected chi connectivity index (χ1v) is 9.64. The van der Waals surface area contributed by atoms with Crippen LogP contribution in [0.25, 0.3) is 0 Å². The quantitative estimate of drug-likeness (QED) is 0.394. The van der Waals surface area contributed by atoms with E-state index in [2.05, 4.69) is 9.97 Å². The number of aromatic nitrogens is 2. The third-order valence-electron chi connectivity index (χ3n) is 4.99. The maximum absolute atomic E-state index is 12.2. The SMILES string of the molecule is Cc1[nH]c(C(=O)OCCCOC(=O)c2[nH]c(C)c([C@H](C)O)c2C)c(C)c1[C@H](C)O. The van der Waals surface area contributed by atoms with Crippen molar-refractivity contribution in [3.05, 3.63) is 45.0 Å². The Morgan fingerprint density at radius 2 is 1.14 bits per heavy atom. The molecule has 0 saturated carbocycles. The first-order valence-electron chi connectivity index (χ1n) is 9.64. The van der Waals surface area contributed by atoms with Gasteiger partial charge in [0.05, 0.1) is 25.4 Å². The van der Waals surface area contributed by atoms with Gasteiger partial charge in [-0.2, -0.15) is 0 Å². The van der Waals surface area contributed by atoms with Gasteiger partial charge in [0.15, 0.2) is 0 Å². The number of hydrogen-bond donors (Lipinski definition) is 4. The van der Waals surface area contributed by atoms with Gasteiger partial charge in [-0.1, -0.05) is 0 Å². The highest BCUT2D eigenvalue weighted by Gasteiger charge is 2.22. The highest BCUT2D eigenvalue weighted by atomic mass is 16.5. The van der Waals surface area contributed by atoms with Crippen LogP contribution in [0, 0.1) is 27.7 Å². The standard InChI is InChI=1S/C21H30N2O6/c1-10-16(14(5)24)12(3)22-18(10)20(26)28-8-7-9-29-21(27)19-11(2)17(15(6)25)13(4)23-19/h14-15,22-25H,7-9H2,1-6H3/t14-,15-/m0/s1. The molecule has 0 aliphatic carbocycles. The molecule has 0 aliphatic heterocycles. The lowest BCUT2D eigenvalue weighted by Gasteiger charge is -2.07. The third kappa shape index (κ3) is 4.89. The number of aliphatic hydroxyl groups is 2. The lowest BCUT2D eigenvalue weighted by Crippen LogP contribution is -2.13. The Balaban J connectivity index is 1.85. The molecular weight excluding hydrogens is 376 g/mol. The molecule has 8 heteroatoms. The van der Waals surface area contributed by atoms with E-state index < -0.39 is 24.1 Å². The number of hydrogen-bond acceptors (Lipinski definition) is 6. The Bertz CT molecular complexity index is 819. The molecule has 4 N–H and O–H groups in total. The number of H-pyrrole nitrogens is 2. The zero-order valence-corrected chi connectivity index (χ0v) is 17.8. The van der Waals surface area contributed by atoms with E-state index in [1.54, 1.807) is 41.5 Å². The second-order valence-corrected chi connectivity index (χ2v) is 7.30. The summed E-state index contributed by atoms with van der Waals surface area (Å²) >= 11 is 0. The van der Waals surface area contributed by atoms with Crippen LogP contribution in [0.1, 0.15) is 87.1 Å². The summed E-state index contributed by atoms with van der Waals surface area (Å²) < 4.78 is 10.5. The Labute approximate surface area is 170 Å². The summed E-state index contributed by atoms with van der Waals surface area (Å²) in [5.41, 5.74) is 4.81. The topological polar surface area (TPSA) is 125 Å². The summed E-state index contributed by atoms with van der Waals surface area (Å²) in [6.07, 6.45) is -1.01. The number of carbonyl (C=O) groups is 2. The van der Waals surface area contributed by atoms with Gasteiger partial charge < -0.3 is 29.7 Å². The van der Waals surface area contributed by atoms with Gasteiger partial charge in [0.1, 0.15) is 11.4 Å². The number of aromatic amines is 2. The van der Waals surface area contributed by atoms with Crippen molar-refractivity contribution in [1.82, 2.24) is 9.97 Å². The normalized spacial score (nSPS) is 13.2. The van der Waals surface area contributed by atoms with Gasteiger partial charge in [-0.15, -0.1) is 0 Å². The fourth-order valence-corrected chi connectivity index (χ4v) is 3.72. The Morgan fingerprint density at radius 3 is 1.41 bits per heavy atom. The number of ether oxygens (including phenoxy) is 2. The smallest absolute Gasteiger partial charge is 0.355 e. The lowest BCUT2D eigenvalue weighted by molar-refractivity contribution is 0.0388. The molecule has 2 heterocycles. The maximum atomic E-state index is 12.2. The van der Waals surface area contributed by atoms with Crippen molar-refractivity contribution in [3.63, 3.8) is 0 Å². The minimum absolute atomic E-state index is 0.0926. The van der Waals surface area contributed by atoms with Crippen molar-refractivity contribution in [2.24, 2.45) is 0 Å². The third-order valence-corrected chi connectivity index (χ3v) is 4.99. The van der Waals surface area contributed by atoms with Crippen LogP contribution < -0.4 is 0 Å². The van der Waals surface area contributed by atoms with Crippen LogP contribution in [-0.2, 0) is 9.47 Å². The molecule has 8 nitrogen and oxygen atoms in total. The molecule has 0 spiro atoms. The molecule has 2 aromatic heterocycles. The maximum Gasteiger partial charge on any atom is 0.355 e. The lowest BCUT2D eigenvalue weighted by atomic mass is 10.1. The van der Waals surface area contributed by atoms with E-state index in [0.29, 0.717) is 40.1 Å². The van der Waals surface area contributed by atoms with Crippen molar-refractivity contribution >= 4 is 11.9 Å². The summed E-state index contributed by atoms with van der Waals surface area (Å²) in [5.74, 6) is -1.03. The van der Waals surface area contributed by atoms with Gasteiger partial charge in [0, 0.05) is 28.9 Å². The van der Waals surface area contributed by atoms with Crippen molar-refractivity contribution in [3.8, 4) is 0 Å². The molecular formula is C21H30N2O6. The van der Waals surface area contributed by atoms with Gasteiger partial charge >= 0.3 is 11.9 Å². The first-order chi connectivity index (χ1) is 13.6. The number of nitrogens with one attached hydrogen (secondary N) is 2. The van der Waals surface area contributed by atoms with E-state index >= 15 is 0 Å². The Morgan fingerprint density at radius 1 is 0.793 bits per heavy atom. The van der Waals surface area contributed by atoms with Crippen LogP contribution in [0.4, 0.5) is 0 Å². The number of carbonyl (C=O) groups excluding carboxylic acids is 2. The summed E-state index contributed by atoms with van der Waals surface area (Å²) in [6, 6.07) is 0. The Kier molecular flexibility index (Phi) is 7.26. The first kappa shape index (κ1) is 22.7. The average Bonchev–Trinajstić information content (AvgIpc) is 3.09. The van der Waals surface area contributed by atoms with Crippen LogP contribution in [0.15, 0.2) is 0 Å². The van der Waals surface area contributed by atoms with Gasteiger partial charge in [0.25, 0.3) is 0 Å². The van der Waals surface area contributed by atoms with Crippen molar-refractivity contribution in [2.75, 3.05) is 13.2 Å². The van der Waals surface area contributed by atoms with Crippen LogP contribution in [0.3, 0.4) is 0 Å². The predicted molar refractivity (Wildman–Crippen MR) is 107 cm³/mol. The number of esters is 2. The number of aryl methyl sites for hydroxylation is 2. The molecule has 0 bridgehead atoms. The Hall–Kier alpha value is -2.58. The fourth-order valence-electron chi connectivity index (χ4n) is 3.72.